The maximum atomic E-state index is 5.93. The second kappa shape index (κ2) is 5.88. The number of nitrogens with one attached hydrogen (secondary N) is 1. The summed E-state index contributed by atoms with van der Waals surface area (Å²) in [6.07, 6.45) is 5.32. The minimum atomic E-state index is 0.461. The van der Waals surface area contributed by atoms with Crippen LogP contribution in [-0.2, 0) is 0 Å². The van der Waals surface area contributed by atoms with Gasteiger partial charge in [0.1, 0.15) is 0 Å². The average molecular weight is 252 g/mol. The molecule has 0 heterocycles. The number of hydrogen-bond donors (Lipinski definition) is 1. The quantitative estimate of drug-likeness (QED) is 0.808. The van der Waals surface area contributed by atoms with E-state index < -0.39 is 0 Å². The van der Waals surface area contributed by atoms with E-state index in [1.807, 2.05) is 12.1 Å². The van der Waals surface area contributed by atoms with E-state index in [0.29, 0.717) is 12.1 Å². The van der Waals surface area contributed by atoms with Gasteiger partial charge in [-0.25, -0.2) is 0 Å². The summed E-state index contributed by atoms with van der Waals surface area (Å²) in [5.74, 6) is 0.886. The van der Waals surface area contributed by atoms with Crippen LogP contribution in [0.4, 0.5) is 0 Å². The van der Waals surface area contributed by atoms with Crippen molar-refractivity contribution in [1.82, 2.24) is 5.32 Å². The molecule has 2 heteroatoms. The molecule has 17 heavy (non-hydrogen) atoms. The Labute approximate surface area is 110 Å². The van der Waals surface area contributed by atoms with Gasteiger partial charge in [-0.1, -0.05) is 37.1 Å². The van der Waals surface area contributed by atoms with Crippen LogP contribution in [-0.4, -0.2) is 6.04 Å². The first-order valence-electron chi connectivity index (χ1n) is 6.72. The van der Waals surface area contributed by atoms with E-state index in [1.165, 1.54) is 24.8 Å². The summed E-state index contributed by atoms with van der Waals surface area (Å²) in [5, 5.41) is 4.58. The van der Waals surface area contributed by atoms with E-state index in [0.717, 1.165) is 17.4 Å². The van der Waals surface area contributed by atoms with Crippen LogP contribution in [0.5, 0.6) is 0 Å². The molecule has 2 atom stereocenters. The molecule has 1 aromatic carbocycles. The van der Waals surface area contributed by atoms with Gasteiger partial charge in [-0.2, -0.15) is 0 Å². The highest BCUT2D eigenvalue weighted by atomic mass is 35.5. The first-order chi connectivity index (χ1) is 8.20. The molecule has 2 unspecified atom stereocenters. The van der Waals surface area contributed by atoms with Gasteiger partial charge in [0.05, 0.1) is 0 Å². The molecule has 0 spiro atoms. The van der Waals surface area contributed by atoms with Crippen LogP contribution in [0.1, 0.15) is 51.1 Å². The fraction of sp³-hybridized carbons (Fsp3) is 0.600. The van der Waals surface area contributed by atoms with Gasteiger partial charge >= 0.3 is 0 Å². The van der Waals surface area contributed by atoms with Gasteiger partial charge in [0, 0.05) is 17.1 Å². The van der Waals surface area contributed by atoms with Crippen LogP contribution in [0.15, 0.2) is 24.3 Å². The lowest BCUT2D eigenvalue weighted by Gasteiger charge is -2.34. The van der Waals surface area contributed by atoms with Gasteiger partial charge in [0.2, 0.25) is 0 Å². The summed E-state index contributed by atoms with van der Waals surface area (Å²) in [4.78, 5) is 0. The van der Waals surface area contributed by atoms with Crippen molar-refractivity contribution >= 4 is 11.6 Å². The zero-order valence-electron chi connectivity index (χ0n) is 10.7. The topological polar surface area (TPSA) is 12.0 Å². The van der Waals surface area contributed by atoms with Gasteiger partial charge in [-0.15, -0.1) is 0 Å². The molecule has 2 rings (SSSR count). The molecular weight excluding hydrogens is 230 g/mol. The van der Waals surface area contributed by atoms with Crippen LogP contribution in [0.2, 0.25) is 5.02 Å². The van der Waals surface area contributed by atoms with Gasteiger partial charge < -0.3 is 5.32 Å². The number of halogens is 1. The lowest BCUT2D eigenvalue weighted by molar-refractivity contribution is 0.225. The number of benzene rings is 1. The lowest BCUT2D eigenvalue weighted by Crippen LogP contribution is -2.39. The third kappa shape index (κ3) is 3.23. The Bertz CT molecular complexity index is 342. The second-order valence-corrected chi connectivity index (χ2v) is 5.60. The fourth-order valence-corrected chi connectivity index (χ4v) is 2.66. The third-order valence-corrected chi connectivity index (χ3v) is 4.25. The van der Waals surface area contributed by atoms with Crippen molar-refractivity contribution in [3.05, 3.63) is 34.9 Å². The second-order valence-electron chi connectivity index (χ2n) is 5.16. The molecular formula is C15H22ClN. The molecule has 1 fully saturated rings. The zero-order valence-corrected chi connectivity index (χ0v) is 11.5. The summed E-state index contributed by atoms with van der Waals surface area (Å²) in [5.41, 5.74) is 1.35. The number of hydrogen-bond acceptors (Lipinski definition) is 1. The Morgan fingerprint density at radius 1 is 1.29 bits per heavy atom. The first-order valence-corrected chi connectivity index (χ1v) is 7.10. The van der Waals surface area contributed by atoms with Gasteiger partial charge in [0.15, 0.2) is 0 Å². The van der Waals surface area contributed by atoms with Crippen molar-refractivity contribution < 1.29 is 0 Å². The smallest absolute Gasteiger partial charge is 0.0406 e. The molecule has 1 nitrogen and oxygen atoms in total. The van der Waals surface area contributed by atoms with Gasteiger partial charge in [0.25, 0.3) is 0 Å². The van der Waals surface area contributed by atoms with Crippen molar-refractivity contribution in [1.29, 1.82) is 0 Å². The van der Waals surface area contributed by atoms with E-state index in [9.17, 15) is 0 Å². The molecule has 0 amide bonds. The predicted octanol–water partition coefficient (Wildman–Crippen LogP) is 4.57. The summed E-state index contributed by atoms with van der Waals surface area (Å²) in [7, 11) is 0. The van der Waals surface area contributed by atoms with Crippen molar-refractivity contribution in [2.45, 2.75) is 51.6 Å². The van der Waals surface area contributed by atoms with Crippen LogP contribution >= 0.6 is 11.6 Å². The summed E-state index contributed by atoms with van der Waals surface area (Å²) in [6, 6.07) is 9.32. The molecule has 1 aromatic rings. The largest absolute Gasteiger partial charge is 0.307 e. The fourth-order valence-electron chi connectivity index (χ4n) is 2.54. The highest BCUT2D eigenvalue weighted by Crippen LogP contribution is 2.31. The Kier molecular flexibility index (Phi) is 4.47. The minimum absolute atomic E-state index is 0.461. The third-order valence-electron chi connectivity index (χ3n) is 4.00. The highest BCUT2D eigenvalue weighted by molar-refractivity contribution is 6.30. The zero-order chi connectivity index (χ0) is 12.3. The van der Waals surface area contributed by atoms with Crippen molar-refractivity contribution in [3.63, 3.8) is 0 Å². The van der Waals surface area contributed by atoms with Crippen LogP contribution in [0.25, 0.3) is 0 Å². The SMILES string of the molecule is CCC(NC(C)C1CCC1)c1ccc(Cl)cc1. The van der Waals surface area contributed by atoms with E-state index in [4.69, 9.17) is 11.6 Å². The standard InChI is InChI=1S/C15H22ClN/c1-3-15(13-7-9-14(16)10-8-13)17-11(2)12-5-4-6-12/h7-12,15,17H,3-6H2,1-2H3. The van der Waals surface area contributed by atoms with Crippen molar-refractivity contribution in [3.8, 4) is 0 Å². The molecule has 0 radical (unpaired) electrons. The highest BCUT2D eigenvalue weighted by Gasteiger charge is 2.25. The molecule has 0 bridgehead atoms. The monoisotopic (exact) mass is 251 g/mol. The molecule has 1 N–H and O–H groups in total. The molecule has 0 aromatic heterocycles. The molecule has 1 saturated carbocycles. The normalized spacial score (nSPS) is 19.7. The summed E-state index contributed by atoms with van der Waals surface area (Å²) < 4.78 is 0. The lowest BCUT2D eigenvalue weighted by atomic mass is 9.80. The molecule has 0 saturated heterocycles. The summed E-state index contributed by atoms with van der Waals surface area (Å²) in [6.45, 7) is 4.56. The maximum absolute atomic E-state index is 5.93. The van der Waals surface area contributed by atoms with Crippen LogP contribution in [0, 0.1) is 5.92 Å². The van der Waals surface area contributed by atoms with Gasteiger partial charge in [-0.05, 0) is 49.8 Å². The van der Waals surface area contributed by atoms with Crippen molar-refractivity contribution in [2.75, 3.05) is 0 Å². The van der Waals surface area contributed by atoms with Crippen LogP contribution < -0.4 is 5.32 Å². The molecule has 94 valence electrons. The van der Waals surface area contributed by atoms with E-state index in [-0.39, 0.29) is 0 Å². The Morgan fingerprint density at radius 3 is 2.41 bits per heavy atom. The Hall–Kier alpha value is -0.530. The molecule has 1 aliphatic rings. The van der Waals surface area contributed by atoms with E-state index >= 15 is 0 Å². The van der Waals surface area contributed by atoms with E-state index in [1.54, 1.807) is 0 Å². The minimum Gasteiger partial charge on any atom is -0.307 e. The molecule has 1 aliphatic carbocycles. The Balaban J connectivity index is 1.97. The maximum Gasteiger partial charge on any atom is 0.0406 e. The van der Waals surface area contributed by atoms with E-state index in [2.05, 4.69) is 31.3 Å². The van der Waals surface area contributed by atoms with Crippen molar-refractivity contribution in [2.24, 2.45) is 5.92 Å². The van der Waals surface area contributed by atoms with Crippen LogP contribution in [0.3, 0.4) is 0 Å². The molecule has 0 aliphatic heterocycles. The predicted molar refractivity (Wildman–Crippen MR) is 74.4 cm³/mol. The Morgan fingerprint density at radius 2 is 1.94 bits per heavy atom. The number of rotatable bonds is 5. The van der Waals surface area contributed by atoms with Gasteiger partial charge in [-0.3, -0.25) is 0 Å². The summed E-state index contributed by atoms with van der Waals surface area (Å²) >= 11 is 5.93. The average Bonchev–Trinajstić information content (AvgIpc) is 2.25. The first kappa shape index (κ1) is 12.9.